The molecule has 0 bridgehead atoms. The van der Waals surface area contributed by atoms with Crippen LogP contribution in [0.3, 0.4) is 0 Å². The number of hydrogen-bond acceptors (Lipinski definition) is 3. The molecule has 0 aliphatic rings. The van der Waals surface area contributed by atoms with Gasteiger partial charge < -0.3 is 15.5 Å². The number of likely N-dealkylation sites (N-methyl/N-ethyl adjacent to an activating group) is 1. The summed E-state index contributed by atoms with van der Waals surface area (Å²) in [6.45, 7) is 5.06. The predicted octanol–water partition coefficient (Wildman–Crippen LogP) is 2.74. The molecule has 0 fully saturated rings. The lowest BCUT2D eigenvalue weighted by Crippen LogP contribution is -2.39. The van der Waals surface area contributed by atoms with E-state index in [0.717, 1.165) is 23.6 Å². The maximum atomic E-state index is 12.8. The van der Waals surface area contributed by atoms with Gasteiger partial charge in [-0.3, -0.25) is 4.79 Å². The Morgan fingerprint density at radius 3 is 2.60 bits per heavy atom. The number of nitrogens with one attached hydrogen (secondary N) is 2. The monoisotopic (exact) mass is 480 g/mol. The molecule has 1 rings (SSSR count). The highest BCUT2D eigenvalue weighted by Gasteiger charge is 2.04. The SMILES string of the molecule is C=CCNC(=NCC(=O)N(C)C)NCCCSc1ccc(F)cc1.I. The third-order valence-corrected chi connectivity index (χ3v) is 4.08. The van der Waals surface area contributed by atoms with E-state index in [-0.39, 0.29) is 42.2 Å². The second kappa shape index (κ2) is 13.9. The van der Waals surface area contributed by atoms with Crippen molar-refractivity contribution in [3.63, 3.8) is 0 Å². The molecule has 8 heteroatoms. The number of carbonyl (C=O) groups excluding carboxylic acids is 1. The van der Waals surface area contributed by atoms with E-state index in [4.69, 9.17) is 0 Å². The number of hydrogen-bond donors (Lipinski definition) is 2. The predicted molar refractivity (Wildman–Crippen MR) is 114 cm³/mol. The minimum Gasteiger partial charge on any atom is -0.356 e. The summed E-state index contributed by atoms with van der Waals surface area (Å²) in [6.07, 6.45) is 2.65. The van der Waals surface area contributed by atoms with Crippen LogP contribution < -0.4 is 10.6 Å². The van der Waals surface area contributed by atoms with Gasteiger partial charge in [0.1, 0.15) is 12.4 Å². The van der Waals surface area contributed by atoms with Gasteiger partial charge in [-0.25, -0.2) is 9.38 Å². The first-order valence-electron chi connectivity index (χ1n) is 7.74. The maximum Gasteiger partial charge on any atom is 0.243 e. The van der Waals surface area contributed by atoms with Gasteiger partial charge in [-0.15, -0.1) is 42.3 Å². The molecular weight excluding hydrogens is 454 g/mol. The molecule has 1 amide bonds. The Morgan fingerprint density at radius 2 is 2.00 bits per heavy atom. The van der Waals surface area contributed by atoms with Crippen LogP contribution in [0.1, 0.15) is 6.42 Å². The van der Waals surface area contributed by atoms with E-state index in [1.807, 2.05) is 0 Å². The van der Waals surface area contributed by atoms with E-state index in [2.05, 4.69) is 22.2 Å². The molecule has 0 atom stereocenters. The average molecular weight is 480 g/mol. The zero-order chi connectivity index (χ0) is 17.8. The number of carbonyl (C=O) groups is 1. The zero-order valence-electron chi connectivity index (χ0n) is 14.6. The highest BCUT2D eigenvalue weighted by molar-refractivity contribution is 14.0. The topological polar surface area (TPSA) is 56.7 Å². The van der Waals surface area contributed by atoms with Crippen molar-refractivity contribution >= 4 is 47.6 Å². The molecule has 1 aromatic rings. The summed E-state index contributed by atoms with van der Waals surface area (Å²) in [6, 6.07) is 6.48. The van der Waals surface area contributed by atoms with E-state index in [1.165, 1.54) is 17.0 Å². The minimum atomic E-state index is -0.220. The van der Waals surface area contributed by atoms with Crippen LogP contribution >= 0.6 is 35.7 Å². The van der Waals surface area contributed by atoms with Crippen molar-refractivity contribution in [2.24, 2.45) is 4.99 Å². The van der Waals surface area contributed by atoms with Crippen molar-refractivity contribution in [3.8, 4) is 0 Å². The second-order valence-electron chi connectivity index (χ2n) is 5.21. The maximum absolute atomic E-state index is 12.8. The van der Waals surface area contributed by atoms with Crippen molar-refractivity contribution in [1.29, 1.82) is 0 Å². The summed E-state index contributed by atoms with van der Waals surface area (Å²) < 4.78 is 12.8. The van der Waals surface area contributed by atoms with Gasteiger partial charge in [0, 0.05) is 32.1 Å². The van der Waals surface area contributed by atoms with Gasteiger partial charge >= 0.3 is 0 Å². The summed E-state index contributed by atoms with van der Waals surface area (Å²) in [4.78, 5) is 18.4. The Balaban J connectivity index is 0.00000576. The first-order valence-corrected chi connectivity index (χ1v) is 8.73. The summed E-state index contributed by atoms with van der Waals surface area (Å²) in [5.41, 5.74) is 0. The largest absolute Gasteiger partial charge is 0.356 e. The Bertz CT molecular complexity index is 552. The fourth-order valence-electron chi connectivity index (χ4n) is 1.63. The Morgan fingerprint density at radius 1 is 1.32 bits per heavy atom. The first kappa shape index (κ1) is 23.7. The molecule has 0 saturated heterocycles. The molecule has 140 valence electrons. The van der Waals surface area contributed by atoms with Crippen LogP contribution in [-0.2, 0) is 4.79 Å². The average Bonchev–Trinajstić information content (AvgIpc) is 2.57. The van der Waals surface area contributed by atoms with Crippen LogP contribution in [-0.4, -0.2) is 56.2 Å². The number of rotatable bonds is 9. The van der Waals surface area contributed by atoms with Crippen molar-refractivity contribution in [1.82, 2.24) is 15.5 Å². The molecule has 0 aliphatic heterocycles. The Labute approximate surface area is 170 Å². The standard InChI is InChI=1S/C17H25FN4OS.HI/c1-4-10-19-17(21-13-16(23)22(2)3)20-11-5-12-24-15-8-6-14(18)7-9-15;/h4,6-9H,1,5,10-13H2,2-3H3,(H2,19,20,21);1H. The van der Waals surface area contributed by atoms with E-state index in [1.54, 1.807) is 44.1 Å². The number of halogens is 2. The van der Waals surface area contributed by atoms with Gasteiger partial charge in [0.2, 0.25) is 5.91 Å². The minimum absolute atomic E-state index is 0. The molecule has 0 spiro atoms. The molecule has 0 unspecified atom stereocenters. The normalized spacial score (nSPS) is 10.6. The smallest absolute Gasteiger partial charge is 0.243 e. The summed E-state index contributed by atoms with van der Waals surface area (Å²) in [5, 5.41) is 6.27. The Hall–Kier alpha value is -1.29. The highest BCUT2D eigenvalue weighted by Crippen LogP contribution is 2.18. The fourth-order valence-corrected chi connectivity index (χ4v) is 2.48. The van der Waals surface area contributed by atoms with Gasteiger partial charge in [0.05, 0.1) is 0 Å². The number of aliphatic imine (C=N–C) groups is 1. The number of nitrogens with zero attached hydrogens (tertiary/aromatic N) is 2. The molecule has 1 aromatic carbocycles. The third kappa shape index (κ3) is 11.0. The summed E-state index contributed by atoms with van der Waals surface area (Å²) >= 11 is 1.68. The molecule has 0 radical (unpaired) electrons. The van der Waals surface area contributed by atoms with E-state index < -0.39 is 0 Å². The summed E-state index contributed by atoms with van der Waals surface area (Å²) in [5.74, 6) is 1.23. The van der Waals surface area contributed by atoms with Gasteiger partial charge in [-0.1, -0.05) is 6.08 Å². The van der Waals surface area contributed by atoms with Crippen molar-refractivity contribution < 1.29 is 9.18 Å². The lowest BCUT2D eigenvalue weighted by atomic mass is 10.4. The van der Waals surface area contributed by atoms with E-state index >= 15 is 0 Å². The molecule has 2 N–H and O–H groups in total. The van der Waals surface area contributed by atoms with E-state index in [9.17, 15) is 9.18 Å². The highest BCUT2D eigenvalue weighted by atomic mass is 127. The zero-order valence-corrected chi connectivity index (χ0v) is 17.8. The van der Waals surface area contributed by atoms with Gasteiger partial charge in [0.25, 0.3) is 0 Å². The van der Waals surface area contributed by atoms with Crippen LogP contribution in [0.2, 0.25) is 0 Å². The molecular formula is C17H26FIN4OS. The molecule has 5 nitrogen and oxygen atoms in total. The number of guanidine groups is 1. The van der Waals surface area contributed by atoms with Crippen LogP contribution in [0.15, 0.2) is 46.8 Å². The molecule has 0 aliphatic carbocycles. The molecule has 0 saturated carbocycles. The second-order valence-corrected chi connectivity index (χ2v) is 6.37. The van der Waals surface area contributed by atoms with Gasteiger partial charge in [-0.05, 0) is 36.4 Å². The molecule has 25 heavy (non-hydrogen) atoms. The third-order valence-electron chi connectivity index (χ3n) is 2.98. The van der Waals surface area contributed by atoms with Crippen molar-refractivity contribution in [3.05, 3.63) is 42.7 Å². The number of thioether (sulfide) groups is 1. The van der Waals surface area contributed by atoms with Gasteiger partial charge in [-0.2, -0.15) is 0 Å². The number of benzene rings is 1. The van der Waals surface area contributed by atoms with E-state index in [0.29, 0.717) is 12.5 Å². The van der Waals surface area contributed by atoms with Gasteiger partial charge in [0.15, 0.2) is 5.96 Å². The lowest BCUT2D eigenvalue weighted by molar-refractivity contribution is -0.127. The molecule has 0 aromatic heterocycles. The first-order chi connectivity index (χ1) is 11.5. The van der Waals surface area contributed by atoms with Crippen molar-refractivity contribution in [2.45, 2.75) is 11.3 Å². The van der Waals surface area contributed by atoms with Crippen molar-refractivity contribution in [2.75, 3.05) is 39.5 Å². The number of amides is 1. The quantitative estimate of drug-likeness (QED) is 0.143. The fraction of sp³-hybridized carbons (Fsp3) is 0.412. The Kier molecular flexibility index (Phi) is 13.2. The van der Waals surface area contributed by atoms with Crippen LogP contribution in [0.4, 0.5) is 4.39 Å². The summed E-state index contributed by atoms with van der Waals surface area (Å²) in [7, 11) is 3.41. The van der Waals surface area contributed by atoms with Crippen LogP contribution in [0, 0.1) is 5.82 Å². The van der Waals surface area contributed by atoms with Crippen LogP contribution in [0.25, 0.3) is 0 Å². The lowest BCUT2D eigenvalue weighted by Gasteiger charge is -2.12. The van der Waals surface area contributed by atoms with Crippen LogP contribution in [0.5, 0.6) is 0 Å². The molecule has 0 heterocycles.